The number of piperazine rings is 1. The van der Waals surface area contributed by atoms with Crippen molar-refractivity contribution >= 4 is 27.6 Å². The normalized spacial score (nSPS) is 17.0. The summed E-state index contributed by atoms with van der Waals surface area (Å²) in [4.78, 5) is 13.3. The third-order valence-electron chi connectivity index (χ3n) is 4.98. The van der Waals surface area contributed by atoms with E-state index in [-0.39, 0.29) is 6.04 Å². The fraction of sp³-hybridized carbons (Fsp3) is 0.350. The van der Waals surface area contributed by atoms with Crippen molar-refractivity contribution in [1.82, 2.24) is 9.21 Å². The summed E-state index contributed by atoms with van der Waals surface area (Å²) in [6.45, 7) is 3.35. The zero-order valence-electron chi connectivity index (χ0n) is 16.0. The fourth-order valence-corrected chi connectivity index (χ4v) is 5.01. The standard InChI is InChI=1S/C20H23ClN2O5S/c1-15(18-13-16(21)7-8-19(18)28-14-20(24)25)22-9-11-23(12-10-22)29(26,27)17-5-3-2-4-6-17/h2-8,13,15H,9-12,14H2,1H3,(H,24,25). The number of aliphatic carboxylic acids is 1. The minimum absolute atomic E-state index is 0.112. The van der Waals surface area contributed by atoms with Gasteiger partial charge in [0.1, 0.15) is 5.75 Å². The molecule has 1 aliphatic heterocycles. The molecule has 1 aliphatic rings. The molecule has 3 rings (SSSR count). The first-order valence-corrected chi connectivity index (χ1v) is 11.0. The van der Waals surface area contributed by atoms with E-state index >= 15 is 0 Å². The van der Waals surface area contributed by atoms with E-state index < -0.39 is 22.6 Å². The number of halogens is 1. The van der Waals surface area contributed by atoms with Crippen LogP contribution in [0.1, 0.15) is 18.5 Å². The van der Waals surface area contributed by atoms with Gasteiger partial charge in [0.25, 0.3) is 0 Å². The van der Waals surface area contributed by atoms with Gasteiger partial charge in [-0.25, -0.2) is 13.2 Å². The number of rotatable bonds is 7. The molecule has 29 heavy (non-hydrogen) atoms. The average molecular weight is 439 g/mol. The van der Waals surface area contributed by atoms with Gasteiger partial charge in [0.2, 0.25) is 10.0 Å². The van der Waals surface area contributed by atoms with Crippen molar-refractivity contribution in [3.8, 4) is 5.75 Å². The summed E-state index contributed by atoms with van der Waals surface area (Å²) in [5.74, 6) is -0.595. The number of carboxylic acid groups (broad SMARTS) is 1. The molecule has 1 atom stereocenters. The summed E-state index contributed by atoms with van der Waals surface area (Å²) >= 11 is 6.14. The van der Waals surface area contributed by atoms with Gasteiger partial charge < -0.3 is 9.84 Å². The number of carboxylic acids is 1. The Morgan fingerprint density at radius 3 is 2.41 bits per heavy atom. The van der Waals surface area contributed by atoms with Crippen molar-refractivity contribution < 1.29 is 23.1 Å². The molecular weight excluding hydrogens is 416 g/mol. The Balaban J connectivity index is 1.71. The summed E-state index contributed by atoms with van der Waals surface area (Å²) in [5, 5.41) is 9.41. The molecule has 2 aromatic rings. The van der Waals surface area contributed by atoms with Crippen LogP contribution in [0.25, 0.3) is 0 Å². The lowest BCUT2D eigenvalue weighted by atomic mass is 10.0. The molecular formula is C20H23ClN2O5S. The SMILES string of the molecule is CC(c1cc(Cl)ccc1OCC(=O)O)N1CCN(S(=O)(=O)c2ccccc2)CC1. The van der Waals surface area contributed by atoms with Crippen LogP contribution >= 0.6 is 11.6 Å². The van der Waals surface area contributed by atoms with E-state index in [0.717, 1.165) is 5.56 Å². The molecule has 0 aliphatic carbocycles. The van der Waals surface area contributed by atoms with Gasteiger partial charge in [-0.2, -0.15) is 4.31 Å². The fourth-order valence-electron chi connectivity index (χ4n) is 3.39. The molecule has 1 saturated heterocycles. The summed E-state index contributed by atoms with van der Waals surface area (Å²) < 4.78 is 32.5. The van der Waals surface area contributed by atoms with Gasteiger partial charge in [-0.3, -0.25) is 4.90 Å². The molecule has 7 nitrogen and oxygen atoms in total. The van der Waals surface area contributed by atoms with E-state index in [1.54, 1.807) is 48.5 Å². The zero-order valence-corrected chi connectivity index (χ0v) is 17.6. The maximum absolute atomic E-state index is 12.8. The van der Waals surface area contributed by atoms with Crippen molar-refractivity contribution in [2.45, 2.75) is 17.9 Å². The highest BCUT2D eigenvalue weighted by Crippen LogP contribution is 2.33. The number of ether oxygens (including phenoxy) is 1. The van der Waals surface area contributed by atoms with Gasteiger partial charge in [-0.05, 0) is 37.3 Å². The van der Waals surface area contributed by atoms with Gasteiger partial charge in [0, 0.05) is 42.8 Å². The molecule has 0 saturated carbocycles. The highest BCUT2D eigenvalue weighted by Gasteiger charge is 2.31. The lowest BCUT2D eigenvalue weighted by molar-refractivity contribution is -0.139. The van der Waals surface area contributed by atoms with Crippen LogP contribution in [0.3, 0.4) is 0 Å². The first-order valence-electron chi connectivity index (χ1n) is 9.22. The number of hydrogen-bond acceptors (Lipinski definition) is 5. The Morgan fingerprint density at radius 1 is 1.14 bits per heavy atom. The van der Waals surface area contributed by atoms with E-state index in [2.05, 4.69) is 4.90 Å². The minimum atomic E-state index is -3.51. The summed E-state index contributed by atoms with van der Waals surface area (Å²) in [6, 6.07) is 13.4. The van der Waals surface area contributed by atoms with Gasteiger partial charge in [0.15, 0.2) is 6.61 Å². The van der Waals surface area contributed by atoms with Gasteiger partial charge in [-0.15, -0.1) is 0 Å². The summed E-state index contributed by atoms with van der Waals surface area (Å²) in [7, 11) is -3.51. The van der Waals surface area contributed by atoms with Gasteiger partial charge in [0.05, 0.1) is 4.90 Å². The van der Waals surface area contributed by atoms with Crippen molar-refractivity contribution in [3.63, 3.8) is 0 Å². The molecule has 156 valence electrons. The highest BCUT2D eigenvalue weighted by molar-refractivity contribution is 7.89. The van der Waals surface area contributed by atoms with Crippen LogP contribution in [-0.2, 0) is 14.8 Å². The van der Waals surface area contributed by atoms with Crippen LogP contribution < -0.4 is 4.74 Å². The Kier molecular flexibility index (Phi) is 6.79. The summed E-state index contributed by atoms with van der Waals surface area (Å²) in [6.07, 6.45) is 0. The first kappa shape index (κ1) is 21.6. The molecule has 2 aromatic carbocycles. The smallest absolute Gasteiger partial charge is 0.341 e. The van der Waals surface area contributed by atoms with Crippen LogP contribution in [0, 0.1) is 0 Å². The van der Waals surface area contributed by atoms with E-state index in [0.29, 0.717) is 41.8 Å². The van der Waals surface area contributed by atoms with E-state index in [9.17, 15) is 13.2 Å². The second-order valence-corrected chi connectivity index (χ2v) is 9.17. The molecule has 1 heterocycles. The van der Waals surface area contributed by atoms with Crippen LogP contribution in [-0.4, -0.2) is 61.5 Å². The second-order valence-electron chi connectivity index (χ2n) is 6.79. The number of sulfonamides is 1. The quantitative estimate of drug-likeness (QED) is 0.715. The Bertz CT molecular complexity index is 960. The monoisotopic (exact) mass is 438 g/mol. The molecule has 0 amide bonds. The Hall–Kier alpha value is -2.13. The lowest BCUT2D eigenvalue weighted by Gasteiger charge is -2.38. The molecule has 1 N–H and O–H groups in total. The Morgan fingerprint density at radius 2 is 1.79 bits per heavy atom. The molecule has 0 radical (unpaired) electrons. The van der Waals surface area contributed by atoms with Crippen molar-refractivity contribution in [1.29, 1.82) is 0 Å². The number of carbonyl (C=O) groups is 1. The van der Waals surface area contributed by atoms with Crippen LogP contribution in [0.15, 0.2) is 53.4 Å². The maximum atomic E-state index is 12.8. The van der Waals surface area contributed by atoms with Crippen molar-refractivity contribution in [2.75, 3.05) is 32.8 Å². The van der Waals surface area contributed by atoms with Gasteiger partial charge >= 0.3 is 5.97 Å². The van der Waals surface area contributed by atoms with Crippen LogP contribution in [0.2, 0.25) is 5.02 Å². The number of benzene rings is 2. The Labute approximate surface area is 175 Å². The maximum Gasteiger partial charge on any atom is 0.341 e. The van der Waals surface area contributed by atoms with Crippen LogP contribution in [0.4, 0.5) is 0 Å². The van der Waals surface area contributed by atoms with E-state index in [4.69, 9.17) is 21.4 Å². The predicted molar refractivity (Wildman–Crippen MR) is 110 cm³/mol. The third-order valence-corrected chi connectivity index (χ3v) is 7.12. The topological polar surface area (TPSA) is 87.2 Å². The first-order chi connectivity index (χ1) is 13.8. The van der Waals surface area contributed by atoms with Gasteiger partial charge in [-0.1, -0.05) is 29.8 Å². The van der Waals surface area contributed by atoms with E-state index in [1.165, 1.54) is 4.31 Å². The lowest BCUT2D eigenvalue weighted by Crippen LogP contribution is -2.49. The highest BCUT2D eigenvalue weighted by atomic mass is 35.5. The van der Waals surface area contributed by atoms with Crippen molar-refractivity contribution in [2.24, 2.45) is 0 Å². The molecule has 0 bridgehead atoms. The largest absolute Gasteiger partial charge is 0.482 e. The predicted octanol–water partition coefficient (Wildman–Crippen LogP) is 2.87. The second kappa shape index (κ2) is 9.13. The summed E-state index contributed by atoms with van der Waals surface area (Å²) in [5.41, 5.74) is 0.776. The minimum Gasteiger partial charge on any atom is -0.482 e. The number of hydrogen-bond donors (Lipinski definition) is 1. The molecule has 0 aromatic heterocycles. The van der Waals surface area contributed by atoms with Crippen LogP contribution in [0.5, 0.6) is 5.75 Å². The molecule has 1 unspecified atom stereocenters. The molecule has 1 fully saturated rings. The van der Waals surface area contributed by atoms with Crippen molar-refractivity contribution in [3.05, 3.63) is 59.1 Å². The van der Waals surface area contributed by atoms with E-state index in [1.807, 2.05) is 6.92 Å². The third kappa shape index (κ3) is 5.08. The number of nitrogens with zero attached hydrogens (tertiary/aromatic N) is 2. The zero-order chi connectivity index (χ0) is 21.0. The average Bonchev–Trinajstić information content (AvgIpc) is 2.73. The molecule has 9 heteroatoms. The molecule has 0 spiro atoms.